The number of rotatable bonds is 3. The molecule has 0 N–H and O–H groups in total. The normalized spacial score (nSPS) is 10.7. The van der Waals surface area contributed by atoms with Crippen LogP contribution < -0.4 is 5.63 Å². The van der Waals surface area contributed by atoms with E-state index in [0.29, 0.717) is 5.58 Å². The largest absolute Gasteiger partial charge is 0.422 e. The van der Waals surface area contributed by atoms with Gasteiger partial charge in [-0.25, -0.2) is 4.79 Å². The van der Waals surface area contributed by atoms with Crippen LogP contribution in [0.2, 0.25) is 0 Å². The van der Waals surface area contributed by atoms with Gasteiger partial charge < -0.3 is 4.42 Å². The van der Waals surface area contributed by atoms with Crippen LogP contribution >= 0.6 is 11.6 Å². The van der Waals surface area contributed by atoms with Crippen molar-refractivity contribution in [1.82, 2.24) is 0 Å². The van der Waals surface area contributed by atoms with Crippen molar-refractivity contribution in [2.24, 2.45) is 0 Å². The van der Waals surface area contributed by atoms with Gasteiger partial charge in [0.05, 0.1) is 0 Å². The van der Waals surface area contributed by atoms with E-state index in [1.165, 1.54) is 6.07 Å². The van der Waals surface area contributed by atoms with E-state index in [9.17, 15) is 9.59 Å². The summed E-state index contributed by atoms with van der Waals surface area (Å²) in [5.74, 6) is 0. The van der Waals surface area contributed by atoms with Crippen LogP contribution in [0.5, 0.6) is 0 Å². The first-order valence-corrected chi connectivity index (χ1v) is 5.77. The zero-order chi connectivity index (χ0) is 12.4. The van der Waals surface area contributed by atoms with Crippen molar-refractivity contribution >= 4 is 27.8 Å². The third kappa shape index (κ3) is 2.24. The van der Waals surface area contributed by atoms with Gasteiger partial charge in [0.1, 0.15) is 11.1 Å². The van der Waals surface area contributed by atoms with Gasteiger partial charge in [0.15, 0.2) is 0 Å². The fraction of sp³-hybridized carbons (Fsp3) is 0.231. The number of carbonyl (C=O) groups is 1. The molecule has 2 rings (SSSR count). The number of hydrogen-bond acceptors (Lipinski definition) is 3. The third-order valence-electron chi connectivity index (χ3n) is 2.57. The number of aryl methyl sites for hydroxylation is 1. The molecule has 0 aliphatic rings. The molecule has 0 fully saturated rings. The maximum Gasteiger partial charge on any atom is 0.348 e. The first-order chi connectivity index (χ1) is 8.13. The van der Waals surface area contributed by atoms with Gasteiger partial charge in [-0.05, 0) is 29.7 Å². The highest BCUT2D eigenvalue weighted by atomic mass is 35.5. The van der Waals surface area contributed by atoms with E-state index in [0.717, 1.165) is 23.8 Å². The first-order valence-electron chi connectivity index (χ1n) is 5.39. The fourth-order valence-electron chi connectivity index (χ4n) is 1.81. The average Bonchev–Trinajstić information content (AvgIpc) is 2.29. The van der Waals surface area contributed by atoms with Crippen LogP contribution in [-0.4, -0.2) is 5.24 Å². The van der Waals surface area contributed by atoms with Crippen molar-refractivity contribution in [2.45, 2.75) is 19.8 Å². The number of hydrogen-bond donors (Lipinski definition) is 0. The monoisotopic (exact) mass is 250 g/mol. The molecule has 17 heavy (non-hydrogen) atoms. The molecule has 2 aromatic rings. The summed E-state index contributed by atoms with van der Waals surface area (Å²) < 4.78 is 5.18. The minimum atomic E-state index is -0.790. The Labute approximate surface area is 103 Å². The zero-order valence-corrected chi connectivity index (χ0v) is 10.1. The molecule has 0 bridgehead atoms. The van der Waals surface area contributed by atoms with Crippen LogP contribution in [0.1, 0.15) is 29.3 Å². The molecule has 0 radical (unpaired) electrons. The van der Waals surface area contributed by atoms with Crippen molar-refractivity contribution < 1.29 is 9.21 Å². The second-order valence-corrected chi connectivity index (χ2v) is 4.15. The Balaban J connectivity index is 2.73. The Morgan fingerprint density at radius 1 is 1.41 bits per heavy atom. The van der Waals surface area contributed by atoms with Crippen molar-refractivity contribution in [3.63, 3.8) is 0 Å². The van der Waals surface area contributed by atoms with E-state index in [1.807, 2.05) is 19.1 Å². The maximum atomic E-state index is 11.6. The lowest BCUT2D eigenvalue weighted by Crippen LogP contribution is -2.10. The van der Waals surface area contributed by atoms with Gasteiger partial charge in [-0.2, -0.15) is 0 Å². The Bertz CT molecular complexity index is 628. The molecule has 4 heteroatoms. The lowest BCUT2D eigenvalue weighted by Gasteiger charge is -2.04. The maximum absolute atomic E-state index is 11.6. The zero-order valence-electron chi connectivity index (χ0n) is 9.33. The number of carbonyl (C=O) groups excluding carboxylic acids is 1. The standard InChI is InChI=1S/C13H11ClO3/c1-2-4-8-5-3-6-9-7-10(12(14)15)13(16)17-11(8)9/h3,5-7H,2,4H2,1H3. The number of benzene rings is 1. The molecule has 1 aromatic carbocycles. The number of para-hydroxylation sites is 1. The molecule has 0 amide bonds. The molecule has 0 aliphatic carbocycles. The Hall–Kier alpha value is -1.61. The molecule has 0 spiro atoms. The van der Waals surface area contributed by atoms with E-state index < -0.39 is 10.9 Å². The van der Waals surface area contributed by atoms with E-state index in [1.54, 1.807) is 6.07 Å². The van der Waals surface area contributed by atoms with E-state index in [-0.39, 0.29) is 5.56 Å². The van der Waals surface area contributed by atoms with Gasteiger partial charge in [0.25, 0.3) is 5.24 Å². The smallest absolute Gasteiger partial charge is 0.348 e. The summed E-state index contributed by atoms with van der Waals surface area (Å²) in [4.78, 5) is 22.6. The summed E-state index contributed by atoms with van der Waals surface area (Å²) in [6.45, 7) is 2.05. The third-order valence-corrected chi connectivity index (χ3v) is 2.78. The molecular formula is C13H11ClO3. The van der Waals surface area contributed by atoms with Crippen molar-refractivity contribution in [1.29, 1.82) is 0 Å². The summed E-state index contributed by atoms with van der Waals surface area (Å²) in [6, 6.07) is 7.06. The second-order valence-electron chi connectivity index (χ2n) is 3.81. The van der Waals surface area contributed by atoms with Crippen molar-refractivity contribution in [3.05, 3.63) is 45.8 Å². The fourth-order valence-corrected chi connectivity index (χ4v) is 1.94. The topological polar surface area (TPSA) is 47.3 Å². The number of halogens is 1. The minimum absolute atomic E-state index is 0.118. The van der Waals surface area contributed by atoms with E-state index in [2.05, 4.69) is 0 Å². The minimum Gasteiger partial charge on any atom is -0.422 e. The van der Waals surface area contributed by atoms with E-state index in [4.69, 9.17) is 16.0 Å². The highest BCUT2D eigenvalue weighted by Crippen LogP contribution is 2.20. The number of fused-ring (bicyclic) bond motifs is 1. The van der Waals surface area contributed by atoms with Gasteiger partial charge in [-0.15, -0.1) is 0 Å². The predicted octanol–water partition coefficient (Wildman–Crippen LogP) is 3.12. The molecular weight excluding hydrogens is 240 g/mol. The van der Waals surface area contributed by atoms with Crippen LogP contribution in [0.25, 0.3) is 11.0 Å². The van der Waals surface area contributed by atoms with Gasteiger partial charge >= 0.3 is 5.63 Å². The summed E-state index contributed by atoms with van der Waals surface area (Å²) in [5.41, 5.74) is 0.713. The molecule has 0 unspecified atom stereocenters. The van der Waals surface area contributed by atoms with Gasteiger partial charge in [0, 0.05) is 5.39 Å². The highest BCUT2D eigenvalue weighted by molar-refractivity contribution is 6.67. The van der Waals surface area contributed by atoms with Crippen LogP contribution in [0.3, 0.4) is 0 Å². The van der Waals surface area contributed by atoms with Gasteiger partial charge in [-0.3, -0.25) is 4.79 Å². The molecule has 3 nitrogen and oxygen atoms in total. The lowest BCUT2D eigenvalue weighted by molar-refractivity contribution is 0.107. The summed E-state index contributed by atoms with van der Waals surface area (Å²) >= 11 is 5.31. The molecule has 0 atom stereocenters. The highest BCUT2D eigenvalue weighted by Gasteiger charge is 2.12. The second kappa shape index (κ2) is 4.72. The lowest BCUT2D eigenvalue weighted by atomic mass is 10.1. The van der Waals surface area contributed by atoms with Crippen LogP contribution in [0, 0.1) is 0 Å². The average molecular weight is 251 g/mol. The van der Waals surface area contributed by atoms with Gasteiger partial charge in [0.2, 0.25) is 0 Å². The Kier molecular flexibility index (Phi) is 3.29. The molecule has 88 valence electrons. The summed E-state index contributed by atoms with van der Waals surface area (Å²) in [6.07, 6.45) is 1.79. The van der Waals surface area contributed by atoms with Crippen LogP contribution in [0.15, 0.2) is 33.5 Å². The predicted molar refractivity (Wildman–Crippen MR) is 66.7 cm³/mol. The molecule has 0 saturated heterocycles. The SMILES string of the molecule is CCCc1cccc2cc(C(=O)Cl)c(=O)oc12. The van der Waals surface area contributed by atoms with Gasteiger partial charge in [-0.1, -0.05) is 31.5 Å². The molecule has 1 aromatic heterocycles. The first kappa shape index (κ1) is 11.9. The summed E-state index contributed by atoms with van der Waals surface area (Å²) in [5, 5.41) is -0.0684. The van der Waals surface area contributed by atoms with E-state index >= 15 is 0 Å². The molecule has 0 saturated carbocycles. The molecule has 0 aliphatic heterocycles. The van der Waals surface area contributed by atoms with Crippen molar-refractivity contribution in [3.8, 4) is 0 Å². The Morgan fingerprint density at radius 3 is 2.82 bits per heavy atom. The molecule has 1 heterocycles. The Morgan fingerprint density at radius 2 is 2.18 bits per heavy atom. The van der Waals surface area contributed by atoms with Crippen LogP contribution in [-0.2, 0) is 6.42 Å². The van der Waals surface area contributed by atoms with Crippen molar-refractivity contribution in [2.75, 3.05) is 0 Å². The summed E-state index contributed by atoms with van der Waals surface area (Å²) in [7, 11) is 0. The quantitative estimate of drug-likeness (QED) is 0.621. The van der Waals surface area contributed by atoms with Crippen LogP contribution in [0.4, 0.5) is 0 Å².